The third kappa shape index (κ3) is 8.97. The Morgan fingerprint density at radius 3 is 2.26 bits per heavy atom. The Kier molecular flexibility index (Phi) is 12.0. The Morgan fingerprint density at radius 2 is 1.70 bits per heavy atom. The summed E-state index contributed by atoms with van der Waals surface area (Å²) in [7, 11) is -1.23. The molecule has 0 saturated carbocycles. The van der Waals surface area contributed by atoms with E-state index in [2.05, 4.69) is 44.5 Å². The number of rotatable bonds is 11. The average Bonchev–Trinajstić information content (AvgIpc) is 3.37. The molecule has 1 heterocycles. The number of esters is 1. The highest BCUT2D eigenvalue weighted by Crippen LogP contribution is 2.48. The lowest BCUT2D eigenvalue weighted by Crippen LogP contribution is -2.61. The van der Waals surface area contributed by atoms with Crippen LogP contribution in [0.3, 0.4) is 0 Å². The van der Waals surface area contributed by atoms with Gasteiger partial charge in [0, 0.05) is 17.7 Å². The van der Waals surface area contributed by atoms with E-state index >= 15 is 0 Å². The summed E-state index contributed by atoms with van der Waals surface area (Å²) in [5, 5.41) is 16.7. The Labute approximate surface area is 284 Å². The number of ether oxygens (including phenoxy) is 2. The van der Waals surface area contributed by atoms with E-state index in [0.29, 0.717) is 23.5 Å². The number of anilines is 2. The molecule has 1 aliphatic heterocycles. The lowest BCUT2D eigenvalue weighted by molar-refractivity contribution is -0.142. The monoisotopic (exact) mass is 685 g/mol. The molecular weight excluding hydrogens is 635 g/mol. The van der Waals surface area contributed by atoms with E-state index < -0.39 is 49.0 Å². The molecule has 2 aromatic carbocycles. The van der Waals surface area contributed by atoms with E-state index in [1.165, 1.54) is 18.1 Å². The van der Waals surface area contributed by atoms with Gasteiger partial charge in [-0.25, -0.2) is 9.59 Å². The molecule has 1 fully saturated rings. The molecule has 2 aromatic rings. The quantitative estimate of drug-likeness (QED) is 0.139. The number of β-amino-alcohol motifs (C(OH)–C–C–N with tert-alkyl or cyclic N) is 1. The van der Waals surface area contributed by atoms with Crippen LogP contribution < -0.4 is 10.6 Å². The average molecular weight is 686 g/mol. The lowest BCUT2D eigenvalue weighted by Gasteiger charge is -2.47. The van der Waals surface area contributed by atoms with Crippen LogP contribution in [-0.4, -0.2) is 90.4 Å². The number of amides is 2. The molecule has 0 spiro atoms. The van der Waals surface area contributed by atoms with Crippen LogP contribution in [-0.2, 0) is 14.3 Å². The highest BCUT2D eigenvalue weighted by molar-refractivity contribution is 7.98. The minimum Gasteiger partial charge on any atom is -0.467 e. The van der Waals surface area contributed by atoms with Crippen LogP contribution in [0.1, 0.15) is 75.1 Å². The van der Waals surface area contributed by atoms with Crippen molar-refractivity contribution in [3.63, 3.8) is 0 Å². The van der Waals surface area contributed by atoms with Gasteiger partial charge in [-0.1, -0.05) is 58.1 Å². The van der Waals surface area contributed by atoms with E-state index in [1.807, 2.05) is 36.6 Å². The van der Waals surface area contributed by atoms with Crippen LogP contribution in [0.15, 0.2) is 48.5 Å². The van der Waals surface area contributed by atoms with Crippen molar-refractivity contribution < 1.29 is 33.8 Å². The molecule has 10 nitrogen and oxygen atoms in total. The fourth-order valence-electron chi connectivity index (χ4n) is 5.52. The fourth-order valence-corrected chi connectivity index (χ4v) is 8.65. The van der Waals surface area contributed by atoms with E-state index in [9.17, 15) is 24.3 Å². The van der Waals surface area contributed by atoms with Gasteiger partial charge in [0.25, 0.3) is 5.91 Å². The van der Waals surface area contributed by atoms with E-state index in [4.69, 9.17) is 9.47 Å². The molecule has 3 rings (SSSR count). The number of hydrogen-bond donors (Lipinski definition) is 3. The molecule has 0 aliphatic carbocycles. The van der Waals surface area contributed by atoms with Gasteiger partial charge in [0.15, 0.2) is 5.78 Å². The minimum atomic E-state index is -2.51. The molecule has 1 aliphatic rings. The zero-order valence-electron chi connectivity index (χ0n) is 29.4. The predicted molar refractivity (Wildman–Crippen MR) is 190 cm³/mol. The second-order valence-corrected chi connectivity index (χ2v) is 21.3. The van der Waals surface area contributed by atoms with Gasteiger partial charge >= 0.3 is 12.1 Å². The number of para-hydroxylation sites is 1. The molecule has 47 heavy (non-hydrogen) atoms. The summed E-state index contributed by atoms with van der Waals surface area (Å²) in [5.41, 5.74) is 0.694. The molecule has 0 unspecified atom stereocenters. The Morgan fingerprint density at radius 1 is 1.06 bits per heavy atom. The first kappa shape index (κ1) is 38.1. The molecular formula is C35H51N3O7SSi. The zero-order valence-corrected chi connectivity index (χ0v) is 31.2. The predicted octanol–water partition coefficient (Wildman–Crippen LogP) is 6.43. The number of hydrogen-bond acceptors (Lipinski definition) is 9. The number of Topliss-reactive ketones (excluding diaryl/α,β-unsaturated/α-hetero) is 1. The van der Waals surface area contributed by atoms with Crippen LogP contribution >= 0.6 is 11.8 Å². The van der Waals surface area contributed by atoms with Crippen LogP contribution in [0, 0.1) is 0 Å². The van der Waals surface area contributed by atoms with Gasteiger partial charge in [-0.15, -0.1) is 0 Å². The maximum atomic E-state index is 14.4. The number of benzene rings is 2. The smallest absolute Gasteiger partial charge is 0.411 e. The molecule has 258 valence electrons. The zero-order chi connectivity index (χ0) is 35.4. The number of methoxy groups -OCH3 is 1. The number of ketones is 1. The van der Waals surface area contributed by atoms with Crippen molar-refractivity contribution in [2.24, 2.45) is 0 Å². The maximum absolute atomic E-state index is 14.4. The lowest BCUT2D eigenvalue weighted by atomic mass is 9.98. The summed E-state index contributed by atoms with van der Waals surface area (Å²) in [6.45, 7) is 15.7. The number of nitrogens with one attached hydrogen (secondary N) is 2. The van der Waals surface area contributed by atoms with Crippen molar-refractivity contribution in [3.8, 4) is 0 Å². The SMILES string of the molecule is COC(=O)[C@H](CCSC)NC(=O)c1ccc(C(=O)[C@@H]2C[C@](O)([Si](C)(C)C(C)(C)C)CN2C(=O)OC(C)(C)C)cc1Nc1ccccc1. The van der Waals surface area contributed by atoms with Crippen molar-refractivity contribution >= 4 is 55.0 Å². The van der Waals surface area contributed by atoms with Crippen molar-refractivity contribution in [1.82, 2.24) is 10.2 Å². The topological polar surface area (TPSA) is 134 Å². The standard InChI is InChI=1S/C35H51N3O7SSi/c1-33(2,3)45-32(42)38-22-35(43,47(9,10)34(4,5)6)21-28(38)29(39)23-16-17-25(27(20-23)36-24-14-12-11-13-15-24)30(40)37-26(18-19-46-8)31(41)44-7/h11-17,20,26,28,36,43H,18-19,21-22H2,1-10H3,(H,37,40)/t26-,28-,35-/m0/s1. The van der Waals surface area contributed by atoms with Gasteiger partial charge in [0.2, 0.25) is 0 Å². The Hall–Kier alpha value is -3.35. The summed E-state index contributed by atoms with van der Waals surface area (Å²) < 4.78 is 10.6. The number of likely N-dealkylation sites (tertiary alicyclic amines) is 1. The first-order valence-corrected chi connectivity index (χ1v) is 20.2. The van der Waals surface area contributed by atoms with Gasteiger partial charge in [-0.2, -0.15) is 11.8 Å². The normalized spacial score (nSPS) is 19.1. The molecule has 0 radical (unpaired) electrons. The molecule has 2 amide bonds. The highest BCUT2D eigenvalue weighted by atomic mass is 32.2. The maximum Gasteiger partial charge on any atom is 0.411 e. The Bertz CT molecular complexity index is 1460. The van der Waals surface area contributed by atoms with Crippen LogP contribution in [0.2, 0.25) is 18.1 Å². The third-order valence-electron chi connectivity index (χ3n) is 9.31. The van der Waals surface area contributed by atoms with Crippen molar-refractivity contribution in [2.45, 2.75) is 95.4 Å². The number of carbonyl (C=O) groups is 4. The van der Waals surface area contributed by atoms with Crippen LogP contribution in [0.25, 0.3) is 0 Å². The molecule has 12 heteroatoms. The second kappa shape index (κ2) is 14.8. The second-order valence-electron chi connectivity index (χ2n) is 14.7. The molecule has 0 aromatic heterocycles. The first-order chi connectivity index (χ1) is 21.7. The minimum absolute atomic E-state index is 0.0185. The van der Waals surface area contributed by atoms with E-state index in [0.717, 1.165) is 0 Å². The van der Waals surface area contributed by atoms with Crippen LogP contribution in [0.5, 0.6) is 0 Å². The first-order valence-electron chi connectivity index (χ1n) is 15.8. The summed E-state index contributed by atoms with van der Waals surface area (Å²) in [4.78, 5) is 55.3. The van der Waals surface area contributed by atoms with Crippen LogP contribution in [0.4, 0.5) is 16.2 Å². The summed E-state index contributed by atoms with van der Waals surface area (Å²) >= 11 is 1.55. The van der Waals surface area contributed by atoms with Gasteiger partial charge < -0.3 is 25.2 Å². The fraction of sp³-hybridized carbons (Fsp3) is 0.543. The van der Waals surface area contributed by atoms with Gasteiger partial charge in [0.1, 0.15) is 17.7 Å². The Balaban J connectivity index is 2.07. The molecule has 1 saturated heterocycles. The van der Waals surface area contributed by atoms with Gasteiger partial charge in [0.05, 0.1) is 38.2 Å². The highest BCUT2D eigenvalue weighted by Gasteiger charge is 2.60. The van der Waals surface area contributed by atoms with Gasteiger partial charge in [-0.05, 0) is 68.5 Å². The summed E-state index contributed by atoms with van der Waals surface area (Å²) in [6.07, 6.45) is 1.70. The summed E-state index contributed by atoms with van der Waals surface area (Å²) in [5.74, 6) is -0.794. The molecule has 3 N–H and O–H groups in total. The van der Waals surface area contributed by atoms with Crippen molar-refractivity contribution in [2.75, 3.05) is 31.0 Å². The largest absolute Gasteiger partial charge is 0.467 e. The van der Waals surface area contributed by atoms with E-state index in [1.54, 1.807) is 44.7 Å². The number of thioether (sulfide) groups is 1. The molecule has 3 atom stereocenters. The van der Waals surface area contributed by atoms with E-state index in [-0.39, 0.29) is 34.9 Å². The van der Waals surface area contributed by atoms with Gasteiger partial charge in [-0.3, -0.25) is 14.5 Å². The van der Waals surface area contributed by atoms with Crippen molar-refractivity contribution in [1.29, 1.82) is 0 Å². The third-order valence-corrected chi connectivity index (χ3v) is 16.4. The summed E-state index contributed by atoms with van der Waals surface area (Å²) in [6, 6.07) is 12.0. The number of nitrogens with zero attached hydrogens (tertiary/aromatic N) is 1. The molecule has 0 bridgehead atoms. The number of carbonyl (C=O) groups excluding carboxylic acids is 4. The number of aliphatic hydroxyl groups is 1. The van der Waals surface area contributed by atoms with Crippen molar-refractivity contribution in [3.05, 3.63) is 59.7 Å².